The van der Waals surface area contributed by atoms with Crippen LogP contribution in [0.3, 0.4) is 0 Å². The Hall–Kier alpha value is -1.13. The zero-order valence-corrected chi connectivity index (χ0v) is 12.9. The number of fused-ring (bicyclic) bond motifs is 2. The number of hydrogen-bond acceptors (Lipinski definition) is 4. The third kappa shape index (κ3) is 3.06. The largest absolute Gasteiger partial charge is 0.311 e. The molecule has 2 saturated heterocycles. The molecule has 2 fully saturated rings. The highest BCUT2D eigenvalue weighted by Crippen LogP contribution is 2.28. The van der Waals surface area contributed by atoms with E-state index in [0.717, 1.165) is 25.7 Å². The fourth-order valence-corrected chi connectivity index (χ4v) is 4.65. The molecule has 2 bridgehead atoms. The number of benzene rings is 1. The quantitative estimate of drug-likeness (QED) is 0.887. The molecular weight excluding hydrogens is 310 g/mol. The van der Waals surface area contributed by atoms with E-state index in [-0.39, 0.29) is 21.5 Å². The average molecular weight is 326 g/mol. The Morgan fingerprint density at radius 2 is 1.95 bits per heavy atom. The van der Waals surface area contributed by atoms with Gasteiger partial charge in [-0.15, -0.1) is 0 Å². The van der Waals surface area contributed by atoms with Crippen LogP contribution in [0.1, 0.15) is 31.2 Å². The van der Waals surface area contributed by atoms with Gasteiger partial charge in [-0.3, -0.25) is 0 Å². The highest BCUT2D eigenvalue weighted by atomic mass is 35.5. The second-order valence-corrected chi connectivity index (χ2v) is 7.80. The van der Waals surface area contributed by atoms with Crippen molar-refractivity contribution in [1.82, 2.24) is 10.0 Å². The van der Waals surface area contributed by atoms with Gasteiger partial charge in [-0.1, -0.05) is 11.6 Å². The smallest absolute Gasteiger partial charge is 0.240 e. The van der Waals surface area contributed by atoms with Crippen molar-refractivity contribution in [1.29, 1.82) is 5.26 Å². The van der Waals surface area contributed by atoms with Crippen LogP contribution in [0.15, 0.2) is 23.1 Å². The maximum Gasteiger partial charge on any atom is 0.240 e. The van der Waals surface area contributed by atoms with Gasteiger partial charge in [-0.05, 0) is 43.9 Å². The molecule has 0 saturated carbocycles. The monoisotopic (exact) mass is 325 g/mol. The van der Waals surface area contributed by atoms with Gasteiger partial charge in [-0.25, -0.2) is 13.1 Å². The zero-order valence-electron chi connectivity index (χ0n) is 11.3. The number of rotatable bonds is 3. The standard InChI is InChI=1S/C14H16ClN3O2S/c15-14-4-3-13(5-9(14)8-16)21(19,20)18-12-6-10-1-2-11(7-12)17-10/h3-5,10-12,17-18H,1-2,6-7H2. The summed E-state index contributed by atoms with van der Waals surface area (Å²) in [6.07, 6.45) is 3.85. The molecule has 2 N–H and O–H groups in total. The molecular formula is C14H16ClN3O2S. The summed E-state index contributed by atoms with van der Waals surface area (Å²) in [7, 11) is -3.62. The Labute approximate surface area is 129 Å². The van der Waals surface area contributed by atoms with Crippen molar-refractivity contribution in [3.05, 3.63) is 28.8 Å². The molecule has 7 heteroatoms. The molecule has 0 spiro atoms. The number of sulfonamides is 1. The van der Waals surface area contributed by atoms with Gasteiger partial charge in [0.1, 0.15) is 6.07 Å². The Bertz CT molecular complexity index is 687. The van der Waals surface area contributed by atoms with Crippen LogP contribution in [0.2, 0.25) is 5.02 Å². The average Bonchev–Trinajstić information content (AvgIpc) is 2.78. The minimum absolute atomic E-state index is 0.0463. The summed E-state index contributed by atoms with van der Waals surface area (Å²) in [4.78, 5) is 0.0920. The van der Waals surface area contributed by atoms with Crippen LogP contribution in [0, 0.1) is 11.3 Å². The van der Waals surface area contributed by atoms with E-state index in [1.54, 1.807) is 0 Å². The van der Waals surface area contributed by atoms with E-state index in [1.165, 1.54) is 18.2 Å². The lowest BCUT2D eigenvalue weighted by Crippen LogP contribution is -2.47. The lowest BCUT2D eigenvalue weighted by Gasteiger charge is -2.29. The SMILES string of the molecule is N#Cc1cc(S(=O)(=O)NC2CC3CCC(C2)N3)ccc1Cl. The first-order chi connectivity index (χ1) is 9.98. The van der Waals surface area contributed by atoms with E-state index >= 15 is 0 Å². The molecule has 3 rings (SSSR count). The van der Waals surface area contributed by atoms with Gasteiger partial charge in [0.05, 0.1) is 15.5 Å². The summed E-state index contributed by atoms with van der Waals surface area (Å²) in [6.45, 7) is 0. The fourth-order valence-electron chi connectivity index (χ4n) is 3.20. The maximum atomic E-state index is 12.4. The highest BCUT2D eigenvalue weighted by molar-refractivity contribution is 7.89. The summed E-state index contributed by atoms with van der Waals surface area (Å²) in [5.74, 6) is 0. The fraction of sp³-hybridized carbons (Fsp3) is 0.500. The Morgan fingerprint density at radius 3 is 2.57 bits per heavy atom. The molecule has 2 atom stereocenters. The Balaban J connectivity index is 1.79. The van der Waals surface area contributed by atoms with E-state index in [1.807, 2.05) is 6.07 Å². The van der Waals surface area contributed by atoms with Gasteiger partial charge >= 0.3 is 0 Å². The van der Waals surface area contributed by atoms with Gasteiger partial charge in [0.15, 0.2) is 0 Å². The third-order valence-corrected chi connectivity index (χ3v) is 6.01. The second-order valence-electron chi connectivity index (χ2n) is 5.68. The summed E-state index contributed by atoms with van der Waals surface area (Å²) in [5, 5.41) is 12.7. The molecule has 2 aliphatic rings. The number of halogens is 1. The van der Waals surface area contributed by atoms with Crippen molar-refractivity contribution in [2.75, 3.05) is 0 Å². The minimum atomic E-state index is -3.62. The summed E-state index contributed by atoms with van der Waals surface area (Å²) in [6, 6.07) is 6.88. The normalized spacial score (nSPS) is 28.3. The van der Waals surface area contributed by atoms with E-state index in [0.29, 0.717) is 12.1 Å². The third-order valence-electron chi connectivity index (χ3n) is 4.16. The maximum absolute atomic E-state index is 12.4. The number of nitrogens with one attached hydrogen (secondary N) is 2. The van der Waals surface area contributed by atoms with Gasteiger partial charge in [0.2, 0.25) is 10.0 Å². The van der Waals surface area contributed by atoms with Crippen LogP contribution in [0.25, 0.3) is 0 Å². The van der Waals surface area contributed by atoms with Crippen molar-refractivity contribution in [3.63, 3.8) is 0 Å². The van der Waals surface area contributed by atoms with E-state index in [2.05, 4.69) is 10.0 Å². The van der Waals surface area contributed by atoms with Crippen molar-refractivity contribution in [3.8, 4) is 6.07 Å². The minimum Gasteiger partial charge on any atom is -0.311 e. The molecule has 0 aliphatic carbocycles. The van der Waals surface area contributed by atoms with Crippen LogP contribution in [0.4, 0.5) is 0 Å². The molecule has 2 unspecified atom stereocenters. The van der Waals surface area contributed by atoms with Crippen molar-refractivity contribution in [2.45, 2.75) is 48.7 Å². The molecule has 0 aromatic heterocycles. The van der Waals surface area contributed by atoms with Gasteiger partial charge in [0, 0.05) is 18.1 Å². The number of piperidine rings is 1. The number of nitrogens with zero attached hydrogens (tertiary/aromatic N) is 1. The Kier molecular flexibility index (Phi) is 3.93. The predicted molar refractivity (Wildman–Crippen MR) is 79.5 cm³/mol. The van der Waals surface area contributed by atoms with E-state index in [4.69, 9.17) is 16.9 Å². The Morgan fingerprint density at radius 1 is 1.29 bits per heavy atom. The molecule has 1 aromatic rings. The van der Waals surface area contributed by atoms with E-state index in [9.17, 15) is 8.42 Å². The van der Waals surface area contributed by atoms with Crippen LogP contribution < -0.4 is 10.0 Å². The molecule has 2 heterocycles. The first-order valence-corrected chi connectivity index (χ1v) is 8.82. The summed E-state index contributed by atoms with van der Waals surface area (Å²) >= 11 is 5.84. The topological polar surface area (TPSA) is 82.0 Å². The van der Waals surface area contributed by atoms with Crippen molar-refractivity contribution in [2.24, 2.45) is 0 Å². The number of hydrogen-bond donors (Lipinski definition) is 2. The van der Waals surface area contributed by atoms with Gasteiger partial charge in [-0.2, -0.15) is 5.26 Å². The first-order valence-electron chi connectivity index (χ1n) is 6.96. The second kappa shape index (κ2) is 5.58. The predicted octanol–water partition coefficient (Wildman–Crippen LogP) is 1.77. The van der Waals surface area contributed by atoms with Crippen LogP contribution in [0.5, 0.6) is 0 Å². The van der Waals surface area contributed by atoms with Crippen molar-refractivity contribution >= 4 is 21.6 Å². The molecule has 21 heavy (non-hydrogen) atoms. The molecule has 2 aliphatic heterocycles. The van der Waals surface area contributed by atoms with E-state index < -0.39 is 10.0 Å². The lowest BCUT2D eigenvalue weighted by atomic mass is 10.0. The number of nitriles is 1. The summed E-state index contributed by atoms with van der Waals surface area (Å²) in [5.41, 5.74) is 0.171. The molecule has 0 radical (unpaired) electrons. The van der Waals surface area contributed by atoms with Gasteiger partial charge < -0.3 is 5.32 Å². The highest BCUT2D eigenvalue weighted by Gasteiger charge is 2.35. The van der Waals surface area contributed by atoms with Gasteiger partial charge in [0.25, 0.3) is 0 Å². The van der Waals surface area contributed by atoms with Crippen molar-refractivity contribution < 1.29 is 8.42 Å². The molecule has 112 valence electrons. The van der Waals surface area contributed by atoms with Crippen LogP contribution >= 0.6 is 11.6 Å². The zero-order chi connectivity index (χ0) is 15.0. The molecule has 5 nitrogen and oxygen atoms in total. The lowest BCUT2D eigenvalue weighted by molar-refractivity contribution is 0.345. The summed E-state index contributed by atoms with van der Waals surface area (Å²) < 4.78 is 27.6. The van der Waals surface area contributed by atoms with Crippen LogP contribution in [-0.4, -0.2) is 26.5 Å². The van der Waals surface area contributed by atoms with Crippen LogP contribution in [-0.2, 0) is 10.0 Å². The molecule has 0 amide bonds. The molecule has 1 aromatic carbocycles. The first kappa shape index (κ1) is 14.8.